The molecule has 0 unspecified atom stereocenters. The molecule has 2 aromatic rings. The molecule has 0 amide bonds. The maximum atomic E-state index is 5.59. The average molecular weight is 245 g/mol. The summed E-state index contributed by atoms with van der Waals surface area (Å²) in [6, 6.07) is 12.1. The number of furan rings is 1. The third-order valence-electron chi connectivity index (χ3n) is 2.72. The second kappa shape index (κ2) is 6.87. The molecule has 0 aliphatic carbocycles. The van der Waals surface area contributed by atoms with Crippen molar-refractivity contribution in [3.05, 3.63) is 54.0 Å². The summed E-state index contributed by atoms with van der Waals surface area (Å²) in [7, 11) is 0. The topological polar surface area (TPSA) is 34.4 Å². The van der Waals surface area contributed by atoms with Gasteiger partial charge in [-0.05, 0) is 43.7 Å². The van der Waals surface area contributed by atoms with Gasteiger partial charge in [0.05, 0.1) is 19.4 Å². The van der Waals surface area contributed by atoms with E-state index in [0.717, 1.165) is 31.0 Å². The maximum absolute atomic E-state index is 5.59. The van der Waals surface area contributed by atoms with E-state index < -0.39 is 0 Å². The summed E-state index contributed by atoms with van der Waals surface area (Å²) >= 11 is 0. The lowest BCUT2D eigenvalue weighted by atomic mass is 10.1. The van der Waals surface area contributed by atoms with E-state index in [1.54, 1.807) is 6.26 Å². The van der Waals surface area contributed by atoms with Gasteiger partial charge in [-0.15, -0.1) is 0 Å². The van der Waals surface area contributed by atoms with Crippen molar-refractivity contribution in [2.75, 3.05) is 13.2 Å². The predicted molar refractivity (Wildman–Crippen MR) is 71.7 cm³/mol. The minimum absolute atomic E-state index is 0.705. The zero-order valence-corrected chi connectivity index (χ0v) is 10.7. The average Bonchev–Trinajstić information content (AvgIpc) is 2.90. The largest absolute Gasteiger partial charge is 0.494 e. The molecule has 0 aliphatic rings. The van der Waals surface area contributed by atoms with E-state index in [4.69, 9.17) is 9.15 Å². The number of ether oxygens (including phenoxy) is 1. The van der Waals surface area contributed by atoms with E-state index in [9.17, 15) is 0 Å². The molecular weight excluding hydrogens is 226 g/mol. The molecule has 18 heavy (non-hydrogen) atoms. The first-order valence-electron chi connectivity index (χ1n) is 6.34. The highest BCUT2D eigenvalue weighted by Crippen LogP contribution is 2.18. The van der Waals surface area contributed by atoms with Crippen LogP contribution in [0.15, 0.2) is 47.1 Å². The van der Waals surface area contributed by atoms with Crippen molar-refractivity contribution in [3.63, 3.8) is 0 Å². The SMILES string of the molecule is CCOc1ccccc1CCNCc1ccco1. The molecule has 1 N–H and O–H groups in total. The van der Waals surface area contributed by atoms with Crippen molar-refractivity contribution in [2.24, 2.45) is 0 Å². The van der Waals surface area contributed by atoms with E-state index in [0.29, 0.717) is 6.61 Å². The standard InChI is InChI=1S/C15H19NO2/c1-2-17-15-8-4-3-6-13(15)9-10-16-12-14-7-5-11-18-14/h3-8,11,16H,2,9-10,12H2,1H3. The smallest absolute Gasteiger partial charge is 0.122 e. The Bertz CT molecular complexity index is 451. The monoisotopic (exact) mass is 245 g/mol. The minimum Gasteiger partial charge on any atom is -0.494 e. The van der Waals surface area contributed by atoms with Crippen LogP contribution in [0.2, 0.25) is 0 Å². The van der Waals surface area contributed by atoms with Crippen LogP contribution in [-0.2, 0) is 13.0 Å². The number of rotatable bonds is 7. The Labute approximate surface area is 108 Å². The zero-order chi connectivity index (χ0) is 12.6. The van der Waals surface area contributed by atoms with Crippen molar-refractivity contribution in [3.8, 4) is 5.75 Å². The number of nitrogens with one attached hydrogen (secondary N) is 1. The number of hydrogen-bond donors (Lipinski definition) is 1. The lowest BCUT2D eigenvalue weighted by molar-refractivity contribution is 0.336. The minimum atomic E-state index is 0.705. The first-order valence-corrected chi connectivity index (χ1v) is 6.34. The van der Waals surface area contributed by atoms with Crippen LogP contribution in [0.5, 0.6) is 5.75 Å². The van der Waals surface area contributed by atoms with Crippen LogP contribution in [0.25, 0.3) is 0 Å². The van der Waals surface area contributed by atoms with Crippen LogP contribution in [0.3, 0.4) is 0 Å². The molecule has 0 radical (unpaired) electrons. The molecular formula is C15H19NO2. The summed E-state index contributed by atoms with van der Waals surface area (Å²) in [5.74, 6) is 1.95. The summed E-state index contributed by atoms with van der Waals surface area (Å²) in [6.07, 6.45) is 2.65. The second-order valence-electron chi connectivity index (χ2n) is 4.05. The summed E-state index contributed by atoms with van der Waals surface area (Å²) in [5, 5.41) is 3.36. The predicted octanol–water partition coefficient (Wildman–Crippen LogP) is 3.01. The molecule has 0 saturated carbocycles. The van der Waals surface area contributed by atoms with E-state index in [1.165, 1.54) is 5.56 Å². The molecule has 1 heterocycles. The van der Waals surface area contributed by atoms with Gasteiger partial charge in [-0.3, -0.25) is 0 Å². The fourth-order valence-corrected chi connectivity index (χ4v) is 1.85. The Balaban J connectivity index is 1.79. The lowest BCUT2D eigenvalue weighted by Crippen LogP contribution is -2.16. The summed E-state index contributed by atoms with van der Waals surface area (Å²) in [5.41, 5.74) is 1.24. The molecule has 0 saturated heterocycles. The molecule has 3 heteroatoms. The van der Waals surface area contributed by atoms with Crippen molar-refractivity contribution in [2.45, 2.75) is 19.9 Å². The molecule has 96 valence electrons. The van der Waals surface area contributed by atoms with Crippen LogP contribution in [-0.4, -0.2) is 13.2 Å². The van der Waals surface area contributed by atoms with Gasteiger partial charge in [0.2, 0.25) is 0 Å². The van der Waals surface area contributed by atoms with Gasteiger partial charge in [0, 0.05) is 0 Å². The van der Waals surface area contributed by atoms with E-state index in [2.05, 4.69) is 11.4 Å². The fraction of sp³-hybridized carbons (Fsp3) is 0.333. The highest BCUT2D eigenvalue weighted by molar-refractivity contribution is 5.33. The molecule has 0 aliphatic heterocycles. The maximum Gasteiger partial charge on any atom is 0.122 e. The molecule has 0 bridgehead atoms. The van der Waals surface area contributed by atoms with Crippen molar-refractivity contribution in [1.82, 2.24) is 5.32 Å². The van der Waals surface area contributed by atoms with Gasteiger partial charge in [0.1, 0.15) is 11.5 Å². The van der Waals surface area contributed by atoms with Gasteiger partial charge >= 0.3 is 0 Å². The van der Waals surface area contributed by atoms with Gasteiger partial charge in [0.15, 0.2) is 0 Å². The van der Waals surface area contributed by atoms with Gasteiger partial charge < -0.3 is 14.5 Å². The third kappa shape index (κ3) is 3.64. The van der Waals surface area contributed by atoms with Crippen LogP contribution in [0, 0.1) is 0 Å². The first kappa shape index (κ1) is 12.7. The van der Waals surface area contributed by atoms with Crippen LogP contribution < -0.4 is 10.1 Å². The molecule has 0 fully saturated rings. The second-order valence-corrected chi connectivity index (χ2v) is 4.05. The van der Waals surface area contributed by atoms with Crippen molar-refractivity contribution < 1.29 is 9.15 Å². The molecule has 2 rings (SSSR count). The van der Waals surface area contributed by atoms with Gasteiger partial charge in [0.25, 0.3) is 0 Å². The van der Waals surface area contributed by atoms with Gasteiger partial charge in [-0.1, -0.05) is 18.2 Å². The van der Waals surface area contributed by atoms with Crippen LogP contribution in [0.4, 0.5) is 0 Å². The van der Waals surface area contributed by atoms with Crippen molar-refractivity contribution in [1.29, 1.82) is 0 Å². The highest BCUT2D eigenvalue weighted by atomic mass is 16.5. The Morgan fingerprint density at radius 3 is 2.83 bits per heavy atom. The fourth-order valence-electron chi connectivity index (χ4n) is 1.85. The number of benzene rings is 1. The Hall–Kier alpha value is -1.74. The third-order valence-corrected chi connectivity index (χ3v) is 2.72. The summed E-state index contributed by atoms with van der Waals surface area (Å²) in [4.78, 5) is 0. The lowest BCUT2D eigenvalue weighted by Gasteiger charge is -2.10. The molecule has 3 nitrogen and oxygen atoms in total. The van der Waals surface area contributed by atoms with Crippen LogP contribution in [0.1, 0.15) is 18.2 Å². The molecule has 1 aromatic heterocycles. The van der Waals surface area contributed by atoms with E-state index >= 15 is 0 Å². The Morgan fingerprint density at radius 1 is 1.17 bits per heavy atom. The molecule has 0 spiro atoms. The number of para-hydroxylation sites is 1. The van der Waals surface area contributed by atoms with E-state index in [-0.39, 0.29) is 0 Å². The number of hydrogen-bond acceptors (Lipinski definition) is 3. The van der Waals surface area contributed by atoms with Crippen molar-refractivity contribution >= 4 is 0 Å². The summed E-state index contributed by atoms with van der Waals surface area (Å²) in [6.45, 7) is 4.39. The van der Waals surface area contributed by atoms with E-state index in [1.807, 2.05) is 37.3 Å². The zero-order valence-electron chi connectivity index (χ0n) is 10.7. The Kier molecular flexibility index (Phi) is 4.85. The quantitative estimate of drug-likeness (QED) is 0.761. The normalized spacial score (nSPS) is 10.5. The Morgan fingerprint density at radius 2 is 2.06 bits per heavy atom. The van der Waals surface area contributed by atoms with Crippen LogP contribution >= 0.6 is 0 Å². The summed E-state index contributed by atoms with van der Waals surface area (Å²) < 4.78 is 10.9. The molecule has 0 atom stereocenters. The highest BCUT2D eigenvalue weighted by Gasteiger charge is 2.02. The first-order chi connectivity index (χ1) is 8.90. The molecule has 1 aromatic carbocycles. The van der Waals surface area contributed by atoms with Gasteiger partial charge in [-0.2, -0.15) is 0 Å². The van der Waals surface area contributed by atoms with Gasteiger partial charge in [-0.25, -0.2) is 0 Å².